The van der Waals surface area contributed by atoms with Crippen molar-refractivity contribution < 1.29 is 45.7 Å². The van der Waals surface area contributed by atoms with Crippen LogP contribution in [0.15, 0.2) is 0 Å². The topological polar surface area (TPSA) is 67.8 Å². The summed E-state index contributed by atoms with van der Waals surface area (Å²) in [5.74, 6) is 6.09. The van der Waals surface area contributed by atoms with Gasteiger partial charge in [0, 0.05) is 5.54 Å². The molecular weight excluding hydrogens is 636 g/mol. The summed E-state index contributed by atoms with van der Waals surface area (Å²) in [6.07, 6.45) is 1.82. The highest BCUT2D eigenvalue weighted by atomic mass is 35.5. The lowest BCUT2D eigenvalue weighted by Crippen LogP contribution is -2.74. The van der Waals surface area contributed by atoms with Crippen LogP contribution in [-0.4, -0.2) is 64.8 Å². The standard InChI is InChI=1S/C18H23ClF3NO2.C16H21F3O2/c19-7-15(24)23-16-1-9-12-4-17(25-8-18(20,21)22)5-13(9)11(3-16)14(6-17)10(12)2-16;17-16(18,19)7-21-15-4-11-8-1-14(20)2-9(11)13(6-15)10(3-14)12(8)5-15/h9-14H,1-8H2,(H,23,24);8-13,20H,1-7H2. The number of amides is 1. The van der Waals surface area contributed by atoms with Gasteiger partial charge in [0.05, 0.1) is 16.8 Å². The molecule has 0 aliphatic heterocycles. The van der Waals surface area contributed by atoms with E-state index in [1.807, 2.05) is 0 Å². The van der Waals surface area contributed by atoms with Crippen molar-refractivity contribution in [2.75, 3.05) is 19.1 Å². The van der Waals surface area contributed by atoms with Crippen LogP contribution in [0.5, 0.6) is 0 Å². The number of ether oxygens (including phenoxy) is 2. The van der Waals surface area contributed by atoms with E-state index in [9.17, 15) is 36.2 Å². The summed E-state index contributed by atoms with van der Waals surface area (Å²) < 4.78 is 86.7. The molecule has 0 aromatic carbocycles. The van der Waals surface area contributed by atoms with Crippen LogP contribution >= 0.6 is 11.6 Å². The van der Waals surface area contributed by atoms with Crippen LogP contribution in [0.1, 0.15) is 77.0 Å². The minimum atomic E-state index is -4.25. The zero-order chi connectivity index (χ0) is 32.2. The highest BCUT2D eigenvalue weighted by Gasteiger charge is 2.72. The molecule has 5 nitrogen and oxygen atoms in total. The van der Waals surface area contributed by atoms with Gasteiger partial charge < -0.3 is 19.9 Å². The van der Waals surface area contributed by atoms with Crippen molar-refractivity contribution in [3.05, 3.63) is 0 Å². The van der Waals surface area contributed by atoms with Crippen LogP contribution in [0.25, 0.3) is 0 Å². The second-order valence-electron chi connectivity index (χ2n) is 17.8. The normalized spacial score (nSPS) is 55.7. The van der Waals surface area contributed by atoms with Crippen LogP contribution < -0.4 is 5.32 Å². The van der Waals surface area contributed by atoms with E-state index in [1.165, 1.54) is 0 Å². The maximum Gasteiger partial charge on any atom is 0.411 e. The van der Waals surface area contributed by atoms with Crippen LogP contribution in [0, 0.1) is 71.0 Å². The maximum atomic E-state index is 12.7. The number of hydrogen-bond acceptors (Lipinski definition) is 4. The van der Waals surface area contributed by atoms with Gasteiger partial charge in [-0.05, 0) is 148 Å². The minimum Gasteiger partial charge on any atom is -0.390 e. The molecule has 0 heterocycles. The van der Waals surface area contributed by atoms with Crippen molar-refractivity contribution in [1.82, 2.24) is 5.32 Å². The van der Waals surface area contributed by atoms with Gasteiger partial charge in [-0.1, -0.05) is 0 Å². The minimum absolute atomic E-state index is 0.00751. The first kappa shape index (κ1) is 31.2. The van der Waals surface area contributed by atoms with Gasteiger partial charge in [-0.25, -0.2) is 0 Å². The molecule has 16 bridgehead atoms. The van der Waals surface area contributed by atoms with E-state index in [4.69, 9.17) is 21.1 Å². The fourth-order valence-corrected chi connectivity index (χ4v) is 15.1. The number of alkyl halides is 7. The Balaban J connectivity index is 0.000000129. The Bertz CT molecular complexity index is 1160. The second kappa shape index (κ2) is 9.71. The first-order valence-electron chi connectivity index (χ1n) is 17.5. The zero-order valence-corrected chi connectivity index (χ0v) is 26.6. The number of hydrogen-bond donors (Lipinski definition) is 2. The first-order valence-corrected chi connectivity index (χ1v) is 18.1. The van der Waals surface area contributed by atoms with Gasteiger partial charge in [-0.15, -0.1) is 11.6 Å². The van der Waals surface area contributed by atoms with Crippen molar-refractivity contribution in [2.24, 2.45) is 71.0 Å². The Kier molecular flexibility index (Phi) is 6.59. The molecule has 0 saturated heterocycles. The molecule has 14 rings (SSSR count). The number of halogens is 7. The van der Waals surface area contributed by atoms with Crippen LogP contribution in [0.3, 0.4) is 0 Å². The van der Waals surface area contributed by atoms with Gasteiger partial charge >= 0.3 is 12.4 Å². The Morgan fingerprint density at radius 2 is 0.870 bits per heavy atom. The van der Waals surface area contributed by atoms with E-state index in [1.54, 1.807) is 0 Å². The van der Waals surface area contributed by atoms with Gasteiger partial charge in [0.2, 0.25) is 5.91 Å². The van der Waals surface area contributed by atoms with Crippen molar-refractivity contribution in [1.29, 1.82) is 0 Å². The second-order valence-corrected chi connectivity index (χ2v) is 18.0. The van der Waals surface area contributed by atoms with E-state index < -0.39 is 42.4 Å². The SMILES string of the molecule is O=C(CCl)NC12CC3C4CC5(OCC(F)(F)F)CC3C(C1)C(C5)C4C2.OC12CC3C4CC5(OCC(F)(F)F)CC3C(C1)C(C5)C4C2. The quantitative estimate of drug-likeness (QED) is 0.244. The van der Waals surface area contributed by atoms with E-state index >= 15 is 0 Å². The molecule has 12 heteroatoms. The van der Waals surface area contributed by atoms with Gasteiger partial charge in [0.25, 0.3) is 0 Å². The lowest BCUT2D eigenvalue weighted by molar-refractivity contribution is -0.312. The molecule has 1 amide bonds. The molecule has 46 heavy (non-hydrogen) atoms. The molecule has 0 aromatic heterocycles. The molecule has 14 aliphatic carbocycles. The number of carbonyl (C=O) groups is 1. The van der Waals surface area contributed by atoms with Crippen LogP contribution in [0.4, 0.5) is 26.3 Å². The molecule has 0 radical (unpaired) electrons. The average molecular weight is 680 g/mol. The Morgan fingerprint density at radius 1 is 0.587 bits per heavy atom. The molecule has 0 atom stereocenters. The number of rotatable bonds is 6. The summed E-state index contributed by atoms with van der Waals surface area (Å²) in [6.45, 7) is -2.21. The smallest absolute Gasteiger partial charge is 0.390 e. The van der Waals surface area contributed by atoms with Gasteiger partial charge in [0.1, 0.15) is 19.1 Å². The lowest BCUT2D eigenvalue weighted by atomic mass is 9.33. The summed E-state index contributed by atoms with van der Waals surface area (Å²) in [6, 6.07) is 0. The van der Waals surface area contributed by atoms with E-state index in [-0.39, 0.29) is 17.3 Å². The number of nitrogens with one attached hydrogen (secondary N) is 1. The molecule has 0 spiro atoms. The Morgan fingerprint density at radius 3 is 1.15 bits per heavy atom. The molecule has 0 unspecified atom stereocenters. The monoisotopic (exact) mass is 679 g/mol. The van der Waals surface area contributed by atoms with Crippen LogP contribution in [-0.2, 0) is 14.3 Å². The third-order valence-corrected chi connectivity index (χ3v) is 15.8. The molecule has 258 valence electrons. The predicted molar refractivity (Wildman–Crippen MR) is 153 cm³/mol. The molecule has 14 saturated carbocycles. The average Bonchev–Trinajstić information content (AvgIpc) is 2.98. The summed E-state index contributed by atoms with van der Waals surface area (Å²) in [5, 5.41) is 13.9. The van der Waals surface area contributed by atoms with Crippen LogP contribution in [0.2, 0.25) is 0 Å². The number of carbonyl (C=O) groups excluding carboxylic acids is 1. The van der Waals surface area contributed by atoms with Crippen molar-refractivity contribution >= 4 is 17.5 Å². The third kappa shape index (κ3) is 4.69. The largest absolute Gasteiger partial charge is 0.411 e. The zero-order valence-electron chi connectivity index (χ0n) is 25.9. The molecule has 0 aromatic rings. The molecular formula is C34H44ClF6NO4. The highest BCUT2D eigenvalue weighted by Crippen LogP contribution is 2.75. The fourth-order valence-electron chi connectivity index (χ4n) is 15.0. The first-order chi connectivity index (χ1) is 21.5. The molecule has 2 N–H and O–H groups in total. The van der Waals surface area contributed by atoms with Crippen molar-refractivity contribution in [2.45, 2.75) is 112 Å². The van der Waals surface area contributed by atoms with E-state index in [0.717, 1.165) is 77.0 Å². The molecule has 14 fully saturated rings. The number of aliphatic hydroxyl groups is 1. The molecule has 14 aliphatic rings. The third-order valence-electron chi connectivity index (χ3n) is 15.6. The Hall–Kier alpha value is -0.780. The summed E-state index contributed by atoms with van der Waals surface area (Å²) in [5.41, 5.74) is -1.62. The van der Waals surface area contributed by atoms with Crippen molar-refractivity contribution in [3.8, 4) is 0 Å². The van der Waals surface area contributed by atoms with E-state index in [0.29, 0.717) is 71.0 Å². The lowest BCUT2D eigenvalue weighted by Gasteiger charge is -2.74. The summed E-state index contributed by atoms with van der Waals surface area (Å²) in [7, 11) is 0. The van der Waals surface area contributed by atoms with Gasteiger partial charge in [0.15, 0.2) is 0 Å². The Labute approximate surface area is 270 Å². The van der Waals surface area contributed by atoms with Gasteiger partial charge in [-0.2, -0.15) is 26.3 Å². The summed E-state index contributed by atoms with van der Waals surface area (Å²) in [4.78, 5) is 11.9. The van der Waals surface area contributed by atoms with Crippen molar-refractivity contribution in [3.63, 3.8) is 0 Å². The fraction of sp³-hybridized carbons (Fsp3) is 0.971. The summed E-state index contributed by atoms with van der Waals surface area (Å²) >= 11 is 5.69. The maximum absolute atomic E-state index is 12.7. The highest BCUT2D eigenvalue weighted by molar-refractivity contribution is 6.27. The predicted octanol–water partition coefficient (Wildman–Crippen LogP) is 6.64. The van der Waals surface area contributed by atoms with E-state index in [2.05, 4.69) is 5.32 Å². The van der Waals surface area contributed by atoms with Gasteiger partial charge in [-0.3, -0.25) is 4.79 Å².